The Bertz CT molecular complexity index is 569. The van der Waals surface area contributed by atoms with Crippen LogP contribution < -0.4 is 15.4 Å². The molecule has 0 saturated carbocycles. The van der Waals surface area contributed by atoms with Crippen LogP contribution in [0.4, 0.5) is 30.5 Å². The summed E-state index contributed by atoms with van der Waals surface area (Å²) in [5, 5.41) is 0. The van der Waals surface area contributed by atoms with Crippen molar-refractivity contribution in [3.8, 4) is 5.75 Å². The van der Waals surface area contributed by atoms with Gasteiger partial charge in [-0.25, -0.2) is 9.97 Å². The third-order valence-corrected chi connectivity index (χ3v) is 2.42. The Morgan fingerprint density at radius 2 is 1.65 bits per heavy atom. The largest absolute Gasteiger partial charge is 0.573 e. The second-order valence-electron chi connectivity index (χ2n) is 3.92. The molecule has 0 bridgehead atoms. The standard InChI is InChI=1S/C12H11F3N4O/c1-19(11-17-6-8(16)7-18-11)9-2-4-10(5-3-9)20-12(13,14)15/h2-7H,16H2,1H3. The lowest BCUT2D eigenvalue weighted by Gasteiger charge is -2.17. The van der Waals surface area contributed by atoms with E-state index in [2.05, 4.69) is 14.7 Å². The van der Waals surface area contributed by atoms with E-state index in [4.69, 9.17) is 5.73 Å². The van der Waals surface area contributed by atoms with Crippen LogP contribution in [0, 0.1) is 0 Å². The molecule has 0 unspecified atom stereocenters. The zero-order chi connectivity index (χ0) is 14.8. The Kier molecular flexibility index (Phi) is 3.64. The van der Waals surface area contributed by atoms with Gasteiger partial charge in [0.15, 0.2) is 0 Å². The Labute approximate surface area is 112 Å². The Hall–Kier alpha value is -2.51. The average Bonchev–Trinajstić information content (AvgIpc) is 2.38. The molecule has 20 heavy (non-hydrogen) atoms. The highest BCUT2D eigenvalue weighted by Gasteiger charge is 2.31. The summed E-state index contributed by atoms with van der Waals surface area (Å²) in [4.78, 5) is 9.64. The molecule has 0 saturated heterocycles. The van der Waals surface area contributed by atoms with Crippen molar-refractivity contribution >= 4 is 17.3 Å². The van der Waals surface area contributed by atoms with Gasteiger partial charge in [0, 0.05) is 12.7 Å². The number of hydrogen-bond donors (Lipinski definition) is 1. The van der Waals surface area contributed by atoms with Gasteiger partial charge in [-0.3, -0.25) is 0 Å². The topological polar surface area (TPSA) is 64.3 Å². The van der Waals surface area contributed by atoms with Crippen LogP contribution in [0.5, 0.6) is 5.75 Å². The maximum Gasteiger partial charge on any atom is 0.573 e. The number of halogens is 3. The predicted octanol–water partition coefficient (Wildman–Crippen LogP) is 2.73. The minimum absolute atomic E-state index is 0.284. The summed E-state index contributed by atoms with van der Waals surface area (Å²) in [6.07, 6.45) is -1.81. The van der Waals surface area contributed by atoms with Crippen molar-refractivity contribution in [2.24, 2.45) is 0 Å². The van der Waals surface area contributed by atoms with Crippen molar-refractivity contribution in [2.75, 3.05) is 17.7 Å². The zero-order valence-corrected chi connectivity index (χ0v) is 10.4. The number of aromatic nitrogens is 2. The quantitative estimate of drug-likeness (QED) is 0.938. The number of nitrogen functional groups attached to an aromatic ring is 1. The molecule has 106 valence electrons. The molecule has 2 aromatic rings. The van der Waals surface area contributed by atoms with Gasteiger partial charge in [-0.15, -0.1) is 13.2 Å². The summed E-state index contributed by atoms with van der Waals surface area (Å²) in [6.45, 7) is 0. The predicted molar refractivity (Wildman–Crippen MR) is 67.6 cm³/mol. The minimum Gasteiger partial charge on any atom is -0.406 e. The highest BCUT2D eigenvalue weighted by atomic mass is 19.4. The molecular formula is C12H11F3N4O. The molecule has 0 radical (unpaired) electrons. The second-order valence-corrected chi connectivity index (χ2v) is 3.92. The van der Waals surface area contributed by atoms with Crippen LogP contribution in [0.25, 0.3) is 0 Å². The third-order valence-electron chi connectivity index (χ3n) is 2.42. The normalized spacial score (nSPS) is 11.2. The molecule has 1 aromatic heterocycles. The van der Waals surface area contributed by atoms with Gasteiger partial charge in [-0.1, -0.05) is 0 Å². The molecule has 0 amide bonds. The maximum atomic E-state index is 12.0. The average molecular weight is 284 g/mol. The Balaban J connectivity index is 2.15. The van der Waals surface area contributed by atoms with E-state index in [0.29, 0.717) is 17.3 Å². The van der Waals surface area contributed by atoms with Crippen molar-refractivity contribution in [1.29, 1.82) is 0 Å². The lowest BCUT2D eigenvalue weighted by atomic mass is 10.3. The number of nitrogens with two attached hydrogens (primary N) is 1. The van der Waals surface area contributed by atoms with Crippen molar-refractivity contribution < 1.29 is 17.9 Å². The first kappa shape index (κ1) is 13.9. The number of anilines is 3. The van der Waals surface area contributed by atoms with Gasteiger partial charge in [-0.05, 0) is 24.3 Å². The summed E-state index contributed by atoms with van der Waals surface area (Å²) in [5.41, 5.74) is 6.52. The molecular weight excluding hydrogens is 273 g/mol. The van der Waals surface area contributed by atoms with Gasteiger partial charge in [0.05, 0.1) is 18.1 Å². The lowest BCUT2D eigenvalue weighted by molar-refractivity contribution is -0.274. The molecule has 0 aliphatic carbocycles. The first-order valence-electron chi connectivity index (χ1n) is 5.52. The molecule has 1 aromatic carbocycles. The van der Waals surface area contributed by atoms with Crippen LogP contribution in [-0.4, -0.2) is 23.4 Å². The van der Waals surface area contributed by atoms with Gasteiger partial charge in [0.25, 0.3) is 0 Å². The van der Waals surface area contributed by atoms with E-state index in [9.17, 15) is 13.2 Å². The molecule has 0 spiro atoms. The van der Waals surface area contributed by atoms with Gasteiger partial charge < -0.3 is 15.4 Å². The van der Waals surface area contributed by atoms with Crippen LogP contribution in [-0.2, 0) is 0 Å². The molecule has 1 heterocycles. The monoisotopic (exact) mass is 284 g/mol. The third kappa shape index (κ3) is 3.50. The number of alkyl halides is 3. The first-order valence-corrected chi connectivity index (χ1v) is 5.52. The van der Waals surface area contributed by atoms with E-state index in [0.717, 1.165) is 0 Å². The van der Waals surface area contributed by atoms with Crippen LogP contribution in [0.1, 0.15) is 0 Å². The highest BCUT2D eigenvalue weighted by Crippen LogP contribution is 2.26. The van der Waals surface area contributed by atoms with Crippen LogP contribution in [0.15, 0.2) is 36.7 Å². The number of hydrogen-bond acceptors (Lipinski definition) is 5. The van der Waals surface area contributed by atoms with E-state index < -0.39 is 6.36 Å². The number of ether oxygens (including phenoxy) is 1. The van der Waals surface area contributed by atoms with E-state index in [-0.39, 0.29) is 5.75 Å². The van der Waals surface area contributed by atoms with Gasteiger partial charge in [0.2, 0.25) is 5.95 Å². The summed E-state index contributed by atoms with van der Waals surface area (Å²) in [6, 6.07) is 5.38. The molecule has 2 N–H and O–H groups in total. The maximum absolute atomic E-state index is 12.0. The molecule has 0 aliphatic heterocycles. The van der Waals surface area contributed by atoms with E-state index in [1.807, 2.05) is 0 Å². The molecule has 8 heteroatoms. The molecule has 0 fully saturated rings. The van der Waals surface area contributed by atoms with Crippen molar-refractivity contribution in [1.82, 2.24) is 9.97 Å². The fourth-order valence-corrected chi connectivity index (χ4v) is 1.49. The van der Waals surface area contributed by atoms with Crippen molar-refractivity contribution in [3.63, 3.8) is 0 Å². The Morgan fingerprint density at radius 3 is 2.15 bits per heavy atom. The van der Waals surface area contributed by atoms with E-state index in [1.54, 1.807) is 11.9 Å². The fourth-order valence-electron chi connectivity index (χ4n) is 1.49. The fraction of sp³-hybridized carbons (Fsp3) is 0.167. The number of rotatable bonds is 3. The van der Waals surface area contributed by atoms with Gasteiger partial charge in [-0.2, -0.15) is 0 Å². The van der Waals surface area contributed by atoms with Gasteiger partial charge >= 0.3 is 6.36 Å². The summed E-state index contributed by atoms with van der Waals surface area (Å²) < 4.78 is 39.9. The second kappa shape index (κ2) is 5.24. The number of nitrogens with zero attached hydrogens (tertiary/aromatic N) is 3. The molecule has 5 nitrogen and oxygen atoms in total. The van der Waals surface area contributed by atoms with Crippen LogP contribution in [0.3, 0.4) is 0 Å². The SMILES string of the molecule is CN(c1ccc(OC(F)(F)F)cc1)c1ncc(N)cn1. The lowest BCUT2D eigenvalue weighted by Crippen LogP contribution is -2.17. The molecule has 0 atom stereocenters. The molecule has 2 rings (SSSR count). The minimum atomic E-state index is -4.70. The summed E-state index contributed by atoms with van der Waals surface area (Å²) in [7, 11) is 1.69. The van der Waals surface area contributed by atoms with E-state index in [1.165, 1.54) is 36.7 Å². The molecule has 0 aliphatic rings. The zero-order valence-electron chi connectivity index (χ0n) is 10.4. The van der Waals surface area contributed by atoms with Crippen LogP contribution in [0.2, 0.25) is 0 Å². The summed E-state index contributed by atoms with van der Waals surface area (Å²) in [5.74, 6) is 0.0940. The van der Waals surface area contributed by atoms with Crippen molar-refractivity contribution in [2.45, 2.75) is 6.36 Å². The summed E-state index contributed by atoms with van der Waals surface area (Å²) >= 11 is 0. The van der Waals surface area contributed by atoms with Crippen molar-refractivity contribution in [3.05, 3.63) is 36.7 Å². The van der Waals surface area contributed by atoms with E-state index >= 15 is 0 Å². The first-order chi connectivity index (χ1) is 9.35. The smallest absolute Gasteiger partial charge is 0.406 e. The highest BCUT2D eigenvalue weighted by molar-refractivity contribution is 5.57. The van der Waals surface area contributed by atoms with Crippen LogP contribution >= 0.6 is 0 Å². The number of benzene rings is 1. The van der Waals surface area contributed by atoms with Gasteiger partial charge in [0.1, 0.15) is 5.75 Å². The Morgan fingerprint density at radius 1 is 1.10 bits per heavy atom.